The molecule has 0 atom stereocenters. The van der Waals surface area contributed by atoms with Crippen LogP contribution in [0.1, 0.15) is 122 Å². The van der Waals surface area contributed by atoms with Crippen LogP contribution < -0.4 is 0 Å². The number of hydrogen-bond acceptors (Lipinski definition) is 2. The molecule has 1 aromatic carbocycles. The Morgan fingerprint density at radius 3 is 1.87 bits per heavy atom. The number of rotatable bonds is 18. The van der Waals surface area contributed by atoms with Crippen molar-refractivity contribution in [2.24, 2.45) is 5.92 Å². The minimum atomic E-state index is -0.0805. The Hall–Kier alpha value is -1.57. The zero-order chi connectivity index (χ0) is 22.0. The summed E-state index contributed by atoms with van der Waals surface area (Å²) in [4.78, 5) is 12.1. The maximum Gasteiger partial charge on any atom is 0.306 e. The Kier molecular flexibility index (Phi) is 15.1. The monoisotopic (exact) mass is 414 g/mol. The first kappa shape index (κ1) is 26.5. The van der Waals surface area contributed by atoms with Gasteiger partial charge in [0.1, 0.15) is 6.61 Å². The zero-order valence-electron chi connectivity index (χ0n) is 20.0. The van der Waals surface area contributed by atoms with E-state index in [4.69, 9.17) is 4.74 Å². The van der Waals surface area contributed by atoms with Gasteiger partial charge in [0.15, 0.2) is 0 Å². The number of benzene rings is 1. The SMILES string of the molecule is C=C(c1ccccc1COC(=O)CCCCCCCCCCCCCCC)C(C)C. The third kappa shape index (κ3) is 12.2. The molecule has 0 amide bonds. The highest BCUT2D eigenvalue weighted by Crippen LogP contribution is 2.25. The number of hydrogen-bond donors (Lipinski definition) is 0. The van der Waals surface area contributed by atoms with E-state index in [0.717, 1.165) is 29.5 Å². The van der Waals surface area contributed by atoms with Gasteiger partial charge in [-0.3, -0.25) is 4.79 Å². The van der Waals surface area contributed by atoms with Gasteiger partial charge in [0, 0.05) is 6.42 Å². The highest BCUT2D eigenvalue weighted by atomic mass is 16.5. The highest BCUT2D eigenvalue weighted by Gasteiger charge is 2.10. The zero-order valence-corrected chi connectivity index (χ0v) is 20.0. The van der Waals surface area contributed by atoms with Gasteiger partial charge in [-0.25, -0.2) is 0 Å². The molecule has 30 heavy (non-hydrogen) atoms. The van der Waals surface area contributed by atoms with Crippen LogP contribution in [0.5, 0.6) is 0 Å². The molecular weight excluding hydrogens is 368 g/mol. The van der Waals surface area contributed by atoms with E-state index in [1.54, 1.807) is 0 Å². The van der Waals surface area contributed by atoms with Gasteiger partial charge in [-0.15, -0.1) is 0 Å². The lowest BCUT2D eigenvalue weighted by Gasteiger charge is -2.15. The quantitative estimate of drug-likeness (QED) is 0.177. The summed E-state index contributed by atoms with van der Waals surface area (Å²) in [6.07, 6.45) is 17.6. The topological polar surface area (TPSA) is 26.3 Å². The summed E-state index contributed by atoms with van der Waals surface area (Å²) in [5.74, 6) is 0.302. The molecular formula is C28H46O2. The van der Waals surface area contributed by atoms with Crippen molar-refractivity contribution in [1.82, 2.24) is 0 Å². The molecule has 0 aliphatic rings. The molecule has 0 unspecified atom stereocenters. The first-order valence-electron chi connectivity index (χ1n) is 12.5. The standard InChI is InChI=1S/C28H46O2/c1-5-6-7-8-9-10-11-12-13-14-15-16-17-22-28(29)30-23-26-20-18-19-21-27(26)25(4)24(2)3/h18-21,24H,4-17,22-23H2,1-3H3. The largest absolute Gasteiger partial charge is 0.461 e. The Morgan fingerprint density at radius 1 is 0.833 bits per heavy atom. The Balaban J connectivity index is 2.04. The van der Waals surface area contributed by atoms with Crippen molar-refractivity contribution in [3.8, 4) is 0 Å². The predicted molar refractivity (Wildman–Crippen MR) is 130 cm³/mol. The lowest BCUT2D eigenvalue weighted by Crippen LogP contribution is -2.06. The Morgan fingerprint density at radius 2 is 1.33 bits per heavy atom. The molecule has 170 valence electrons. The van der Waals surface area contributed by atoms with E-state index in [1.807, 2.05) is 18.2 Å². The summed E-state index contributed by atoms with van der Waals surface area (Å²) in [5.41, 5.74) is 3.26. The number of carbonyl (C=O) groups excluding carboxylic acids is 1. The number of esters is 1. The molecule has 2 heteroatoms. The summed E-state index contributed by atoms with van der Waals surface area (Å²) in [5, 5.41) is 0. The van der Waals surface area contributed by atoms with Crippen molar-refractivity contribution >= 4 is 11.5 Å². The van der Waals surface area contributed by atoms with Gasteiger partial charge in [0.05, 0.1) is 0 Å². The molecule has 0 saturated heterocycles. The normalized spacial score (nSPS) is 11.1. The van der Waals surface area contributed by atoms with Gasteiger partial charge in [-0.05, 0) is 29.0 Å². The van der Waals surface area contributed by atoms with E-state index in [9.17, 15) is 4.79 Å². The van der Waals surface area contributed by atoms with E-state index >= 15 is 0 Å². The minimum absolute atomic E-state index is 0.0805. The van der Waals surface area contributed by atoms with Crippen molar-refractivity contribution in [3.05, 3.63) is 42.0 Å². The number of ether oxygens (including phenoxy) is 1. The molecule has 0 bridgehead atoms. The molecule has 0 fully saturated rings. The van der Waals surface area contributed by atoms with Crippen molar-refractivity contribution in [1.29, 1.82) is 0 Å². The lowest BCUT2D eigenvalue weighted by atomic mass is 9.93. The first-order valence-corrected chi connectivity index (χ1v) is 12.5. The van der Waals surface area contributed by atoms with Crippen LogP contribution in [0.2, 0.25) is 0 Å². The second-order valence-electron chi connectivity index (χ2n) is 8.99. The second kappa shape index (κ2) is 17.1. The maximum absolute atomic E-state index is 12.1. The third-order valence-electron chi connectivity index (χ3n) is 5.93. The Labute approximate surface area is 186 Å². The molecule has 0 heterocycles. The summed E-state index contributed by atoms with van der Waals surface area (Å²) < 4.78 is 5.53. The Bertz CT molecular complexity index is 588. The van der Waals surface area contributed by atoms with E-state index in [-0.39, 0.29) is 5.97 Å². The average Bonchev–Trinajstić information content (AvgIpc) is 2.75. The molecule has 0 aliphatic heterocycles. The average molecular weight is 415 g/mol. The first-order chi connectivity index (χ1) is 14.6. The van der Waals surface area contributed by atoms with E-state index < -0.39 is 0 Å². The van der Waals surface area contributed by atoms with Crippen molar-refractivity contribution in [2.75, 3.05) is 0 Å². The van der Waals surface area contributed by atoms with E-state index in [2.05, 4.69) is 33.4 Å². The van der Waals surface area contributed by atoms with Crippen molar-refractivity contribution in [2.45, 2.75) is 117 Å². The summed E-state index contributed by atoms with van der Waals surface area (Å²) in [7, 11) is 0. The van der Waals surface area contributed by atoms with Crippen LogP contribution in [0.3, 0.4) is 0 Å². The summed E-state index contributed by atoms with van der Waals surface area (Å²) in [6, 6.07) is 8.11. The molecule has 0 radical (unpaired) electrons. The van der Waals surface area contributed by atoms with Gasteiger partial charge in [0.25, 0.3) is 0 Å². The smallest absolute Gasteiger partial charge is 0.306 e. The van der Waals surface area contributed by atoms with Crippen LogP contribution in [0.4, 0.5) is 0 Å². The van der Waals surface area contributed by atoms with E-state index in [1.165, 1.54) is 70.6 Å². The molecule has 1 aromatic rings. The minimum Gasteiger partial charge on any atom is -0.461 e. The molecule has 0 saturated carbocycles. The van der Waals surface area contributed by atoms with Gasteiger partial charge < -0.3 is 4.74 Å². The fraction of sp³-hybridized carbons (Fsp3) is 0.679. The van der Waals surface area contributed by atoms with Crippen molar-refractivity contribution in [3.63, 3.8) is 0 Å². The molecule has 1 rings (SSSR count). The van der Waals surface area contributed by atoms with Gasteiger partial charge in [0.2, 0.25) is 0 Å². The summed E-state index contributed by atoms with van der Waals surface area (Å²) >= 11 is 0. The van der Waals surface area contributed by atoms with Crippen LogP contribution in [-0.2, 0) is 16.1 Å². The predicted octanol–water partition coefficient (Wildman–Crippen LogP) is 8.88. The van der Waals surface area contributed by atoms with Gasteiger partial charge in [-0.1, -0.05) is 129 Å². The second-order valence-corrected chi connectivity index (χ2v) is 8.99. The molecule has 0 spiro atoms. The number of unbranched alkanes of at least 4 members (excludes halogenated alkanes) is 12. The van der Waals surface area contributed by atoms with Crippen molar-refractivity contribution < 1.29 is 9.53 Å². The molecule has 2 nitrogen and oxygen atoms in total. The van der Waals surface area contributed by atoms with Crippen LogP contribution in [0, 0.1) is 5.92 Å². The third-order valence-corrected chi connectivity index (χ3v) is 5.93. The van der Waals surface area contributed by atoms with Gasteiger partial charge in [-0.2, -0.15) is 0 Å². The molecule has 0 aliphatic carbocycles. The molecule has 0 N–H and O–H groups in total. The van der Waals surface area contributed by atoms with Gasteiger partial charge >= 0.3 is 5.97 Å². The fourth-order valence-corrected chi connectivity index (χ4v) is 3.79. The highest BCUT2D eigenvalue weighted by molar-refractivity contribution is 5.70. The number of carbonyl (C=O) groups is 1. The lowest BCUT2D eigenvalue weighted by molar-refractivity contribution is -0.145. The number of allylic oxidation sites excluding steroid dienone is 1. The fourth-order valence-electron chi connectivity index (χ4n) is 3.79. The molecule has 0 aromatic heterocycles. The van der Waals surface area contributed by atoms with Crippen LogP contribution in [-0.4, -0.2) is 5.97 Å². The maximum atomic E-state index is 12.1. The van der Waals surface area contributed by atoms with Crippen LogP contribution in [0.15, 0.2) is 30.8 Å². The van der Waals surface area contributed by atoms with Crippen LogP contribution in [0.25, 0.3) is 5.57 Å². The summed E-state index contributed by atoms with van der Waals surface area (Å²) in [6.45, 7) is 11.1. The van der Waals surface area contributed by atoms with Crippen LogP contribution >= 0.6 is 0 Å². The van der Waals surface area contributed by atoms with E-state index in [0.29, 0.717) is 18.9 Å².